The van der Waals surface area contributed by atoms with Crippen LogP contribution in [0.15, 0.2) is 48.7 Å². The van der Waals surface area contributed by atoms with Crippen molar-refractivity contribution in [1.29, 1.82) is 0 Å². The molecule has 2 aromatic heterocycles. The van der Waals surface area contributed by atoms with Gasteiger partial charge in [0.2, 0.25) is 5.91 Å². The van der Waals surface area contributed by atoms with Crippen molar-refractivity contribution in [3.8, 4) is 5.82 Å². The smallest absolute Gasteiger partial charge is 0.333 e. The Morgan fingerprint density at radius 3 is 2.71 bits per heavy atom. The van der Waals surface area contributed by atoms with Gasteiger partial charge in [-0.05, 0) is 42.4 Å². The van der Waals surface area contributed by atoms with Gasteiger partial charge in [-0.2, -0.15) is 4.68 Å². The number of tetrazole rings is 1. The number of aliphatic hydroxyl groups excluding tert-OH is 1. The topological polar surface area (TPSA) is 127 Å². The fraction of sp³-hybridized carbons (Fsp3) is 0.400. The summed E-state index contributed by atoms with van der Waals surface area (Å²) in [7, 11) is 0. The lowest BCUT2D eigenvalue weighted by Crippen LogP contribution is -2.45. The van der Waals surface area contributed by atoms with Crippen molar-refractivity contribution in [2.24, 2.45) is 5.41 Å². The van der Waals surface area contributed by atoms with Gasteiger partial charge in [-0.1, -0.05) is 12.1 Å². The van der Waals surface area contributed by atoms with E-state index in [1.165, 1.54) is 22.0 Å². The highest BCUT2D eigenvalue weighted by Crippen LogP contribution is 2.41. The number of amides is 1. The molecular formula is C20H21N7O4. The predicted octanol–water partition coefficient (Wildman–Crippen LogP) is -0.0305. The summed E-state index contributed by atoms with van der Waals surface area (Å²) in [5.41, 5.74) is 0.736. The van der Waals surface area contributed by atoms with Gasteiger partial charge in [-0.3, -0.25) is 9.69 Å². The summed E-state index contributed by atoms with van der Waals surface area (Å²) in [5, 5.41) is 21.6. The molecule has 5 rings (SSSR count). The normalized spacial score (nSPS) is 21.6. The summed E-state index contributed by atoms with van der Waals surface area (Å²) in [6.07, 6.45) is 8.75. The Balaban J connectivity index is 1.18. The molecular weight excluding hydrogens is 402 g/mol. The molecule has 1 saturated heterocycles. The van der Waals surface area contributed by atoms with E-state index < -0.39 is 17.5 Å². The number of rotatable bonds is 5. The number of pyridine rings is 1. The highest BCUT2D eigenvalue weighted by Gasteiger charge is 2.46. The fourth-order valence-corrected chi connectivity index (χ4v) is 4.19. The van der Waals surface area contributed by atoms with Crippen LogP contribution in [0.1, 0.15) is 24.5 Å². The second-order valence-electron chi connectivity index (χ2n) is 7.91. The second-order valence-corrected chi connectivity index (χ2v) is 7.91. The third-order valence-electron chi connectivity index (χ3n) is 6.06. The van der Waals surface area contributed by atoms with Crippen LogP contribution in [0, 0.1) is 5.41 Å². The van der Waals surface area contributed by atoms with Gasteiger partial charge < -0.3 is 14.7 Å². The number of cyclic esters (lactones) is 1. The van der Waals surface area contributed by atoms with Crippen molar-refractivity contribution >= 4 is 11.9 Å². The zero-order valence-electron chi connectivity index (χ0n) is 16.7. The number of hydrogen-bond donors (Lipinski definition) is 1. The molecule has 1 unspecified atom stereocenters. The van der Waals surface area contributed by atoms with E-state index in [-0.39, 0.29) is 12.5 Å². The molecule has 0 aromatic carbocycles. The number of carbonyl (C=O) groups excluding carboxylic acids is 2. The van der Waals surface area contributed by atoms with E-state index in [0.717, 1.165) is 0 Å². The van der Waals surface area contributed by atoms with E-state index in [4.69, 9.17) is 4.74 Å². The maximum absolute atomic E-state index is 13.0. The average molecular weight is 423 g/mol. The van der Waals surface area contributed by atoms with Gasteiger partial charge in [0.25, 0.3) is 0 Å². The summed E-state index contributed by atoms with van der Waals surface area (Å²) in [6, 6.07) is 3.56. The molecule has 3 aliphatic rings. The SMILES string of the molecule is O=C1C=C(N2C=CC3(CCN(CC(O)c4ccc(-n5cnnn5)nc4)CC3)C2=O)CO1. The van der Waals surface area contributed by atoms with E-state index in [0.29, 0.717) is 49.6 Å². The maximum atomic E-state index is 13.0. The number of β-amino-alcohol motifs (C(OH)–C–C–N with tert-alkyl or cyclic N) is 1. The molecule has 1 N–H and O–H groups in total. The predicted molar refractivity (Wildman–Crippen MR) is 105 cm³/mol. The number of aromatic nitrogens is 5. The number of nitrogens with zero attached hydrogens (tertiary/aromatic N) is 7. The summed E-state index contributed by atoms with van der Waals surface area (Å²) in [5.74, 6) is 0.141. The minimum atomic E-state index is -0.692. The Morgan fingerprint density at radius 2 is 2.06 bits per heavy atom. The first-order valence-electron chi connectivity index (χ1n) is 10.0. The van der Waals surface area contributed by atoms with Crippen LogP contribution in [-0.4, -0.2) is 78.2 Å². The molecule has 11 heteroatoms. The number of likely N-dealkylation sites (tertiary alicyclic amines) is 1. The Bertz CT molecular complexity index is 1040. The third-order valence-corrected chi connectivity index (χ3v) is 6.06. The van der Waals surface area contributed by atoms with E-state index in [1.54, 1.807) is 24.5 Å². The summed E-state index contributed by atoms with van der Waals surface area (Å²) in [4.78, 5) is 32.3. The zero-order valence-corrected chi connectivity index (χ0v) is 16.7. The summed E-state index contributed by atoms with van der Waals surface area (Å²) >= 11 is 0. The van der Waals surface area contributed by atoms with Crippen molar-refractivity contribution in [2.45, 2.75) is 18.9 Å². The number of carbonyl (C=O) groups is 2. The van der Waals surface area contributed by atoms with E-state index in [1.807, 2.05) is 6.08 Å². The summed E-state index contributed by atoms with van der Waals surface area (Å²) in [6.45, 7) is 1.96. The molecule has 5 heterocycles. The zero-order chi connectivity index (χ0) is 21.4. The van der Waals surface area contributed by atoms with Crippen molar-refractivity contribution in [2.75, 3.05) is 26.2 Å². The van der Waals surface area contributed by atoms with Gasteiger partial charge in [0.1, 0.15) is 12.9 Å². The minimum absolute atomic E-state index is 0.0142. The molecule has 11 nitrogen and oxygen atoms in total. The van der Waals surface area contributed by atoms with Gasteiger partial charge in [0.15, 0.2) is 5.82 Å². The fourth-order valence-electron chi connectivity index (χ4n) is 4.19. The molecule has 0 radical (unpaired) electrons. The molecule has 3 aliphatic heterocycles. The van der Waals surface area contributed by atoms with Crippen LogP contribution in [0.3, 0.4) is 0 Å². The Morgan fingerprint density at radius 1 is 1.23 bits per heavy atom. The average Bonchev–Trinajstić information content (AvgIpc) is 3.53. The molecule has 0 aliphatic carbocycles. The lowest BCUT2D eigenvalue weighted by Gasteiger charge is -2.38. The second kappa shape index (κ2) is 7.67. The van der Waals surface area contributed by atoms with Crippen LogP contribution in [0.2, 0.25) is 0 Å². The lowest BCUT2D eigenvalue weighted by atomic mass is 9.78. The van der Waals surface area contributed by atoms with Gasteiger partial charge >= 0.3 is 5.97 Å². The first kappa shape index (κ1) is 19.5. The summed E-state index contributed by atoms with van der Waals surface area (Å²) < 4.78 is 6.37. The molecule has 1 atom stereocenters. The largest absolute Gasteiger partial charge is 0.456 e. The molecule has 160 valence electrons. The molecule has 1 fully saturated rings. The van der Waals surface area contributed by atoms with Gasteiger partial charge in [0, 0.05) is 30.6 Å². The first-order chi connectivity index (χ1) is 15.0. The first-order valence-corrected chi connectivity index (χ1v) is 10.0. The molecule has 0 saturated carbocycles. The number of piperidine rings is 1. The van der Waals surface area contributed by atoms with Crippen molar-refractivity contribution < 1.29 is 19.4 Å². The van der Waals surface area contributed by atoms with Crippen LogP contribution in [0.4, 0.5) is 0 Å². The number of ether oxygens (including phenoxy) is 1. The van der Waals surface area contributed by atoms with Gasteiger partial charge in [-0.25, -0.2) is 9.78 Å². The van der Waals surface area contributed by atoms with Crippen molar-refractivity contribution in [3.63, 3.8) is 0 Å². The molecule has 0 bridgehead atoms. The molecule has 2 aromatic rings. The van der Waals surface area contributed by atoms with Gasteiger partial charge in [-0.15, -0.1) is 5.10 Å². The standard InChI is InChI=1S/C20H21N7O4/c28-16(14-1-2-17(21-10-14)27-13-22-23-24-27)11-25-6-3-20(4-7-25)5-8-26(19(20)30)15-9-18(29)31-12-15/h1-2,5,8-10,13,16,28H,3-4,6-7,11-12H2. The monoisotopic (exact) mass is 423 g/mol. The van der Waals surface area contributed by atoms with Gasteiger partial charge in [0.05, 0.1) is 17.2 Å². The minimum Gasteiger partial charge on any atom is -0.456 e. The number of esters is 1. The molecule has 1 amide bonds. The third kappa shape index (κ3) is 3.62. The van der Waals surface area contributed by atoms with Crippen LogP contribution in [0.5, 0.6) is 0 Å². The van der Waals surface area contributed by atoms with E-state index in [9.17, 15) is 14.7 Å². The highest BCUT2D eigenvalue weighted by molar-refractivity contribution is 5.93. The quantitative estimate of drug-likeness (QED) is 0.660. The number of aliphatic hydroxyl groups is 1. The van der Waals surface area contributed by atoms with E-state index in [2.05, 4.69) is 25.4 Å². The molecule has 31 heavy (non-hydrogen) atoms. The van der Waals surface area contributed by atoms with Crippen LogP contribution < -0.4 is 0 Å². The van der Waals surface area contributed by atoms with Crippen LogP contribution >= 0.6 is 0 Å². The highest BCUT2D eigenvalue weighted by atomic mass is 16.5. The Kier molecular flexibility index (Phi) is 4.83. The van der Waals surface area contributed by atoms with E-state index >= 15 is 0 Å². The lowest BCUT2D eigenvalue weighted by molar-refractivity contribution is -0.137. The Hall–Kier alpha value is -3.44. The van der Waals surface area contributed by atoms with Crippen LogP contribution in [-0.2, 0) is 14.3 Å². The number of hydrogen-bond acceptors (Lipinski definition) is 9. The van der Waals surface area contributed by atoms with Crippen molar-refractivity contribution in [3.05, 3.63) is 54.3 Å². The van der Waals surface area contributed by atoms with Crippen molar-refractivity contribution in [1.82, 2.24) is 35.0 Å². The molecule has 1 spiro atoms. The van der Waals surface area contributed by atoms with Crippen LogP contribution in [0.25, 0.3) is 5.82 Å². The Labute approximate surface area is 177 Å². The maximum Gasteiger partial charge on any atom is 0.333 e.